The van der Waals surface area contributed by atoms with E-state index in [1.165, 1.54) is 31.3 Å². The summed E-state index contributed by atoms with van der Waals surface area (Å²) in [6.07, 6.45) is 2.15. The second-order valence-electron chi connectivity index (χ2n) is 11.0. The Morgan fingerprint density at radius 2 is 1.89 bits per heavy atom. The zero-order valence-electron chi connectivity index (χ0n) is 24.7. The zero-order chi connectivity index (χ0) is 32.7. The van der Waals surface area contributed by atoms with Gasteiger partial charge in [-0.2, -0.15) is 0 Å². The maximum absolute atomic E-state index is 15.9. The van der Waals surface area contributed by atoms with E-state index in [4.69, 9.17) is 21.1 Å². The van der Waals surface area contributed by atoms with Crippen molar-refractivity contribution in [3.8, 4) is 16.9 Å². The number of nitrogens with one attached hydrogen (secondary N) is 2. The van der Waals surface area contributed by atoms with Crippen LogP contribution in [-0.4, -0.2) is 61.5 Å². The smallest absolute Gasteiger partial charge is 0.303 e. The molecule has 0 radical (unpaired) electrons. The van der Waals surface area contributed by atoms with E-state index in [1.807, 2.05) is 0 Å². The fraction of sp³-hybridized carbons (Fsp3) is 0.323. The first kappa shape index (κ1) is 31.8. The quantitative estimate of drug-likeness (QED) is 0.215. The fourth-order valence-electron chi connectivity index (χ4n) is 5.72. The van der Waals surface area contributed by atoms with Crippen molar-refractivity contribution in [3.63, 3.8) is 0 Å². The third kappa shape index (κ3) is 6.16. The van der Waals surface area contributed by atoms with Gasteiger partial charge >= 0.3 is 5.97 Å². The first-order valence-electron chi connectivity index (χ1n) is 14.5. The number of nitrogens with zero attached hydrogens (tertiary/aromatic N) is 3. The van der Waals surface area contributed by atoms with Crippen LogP contribution < -0.4 is 14.8 Å². The van der Waals surface area contributed by atoms with Crippen molar-refractivity contribution < 1.29 is 35.9 Å². The topological polar surface area (TPSA) is 123 Å². The summed E-state index contributed by atoms with van der Waals surface area (Å²) < 4.78 is 86.5. The summed E-state index contributed by atoms with van der Waals surface area (Å²) in [6.45, 7) is 6.01. The van der Waals surface area contributed by atoms with Gasteiger partial charge in [0.1, 0.15) is 28.9 Å². The van der Waals surface area contributed by atoms with Crippen LogP contribution in [0.2, 0.25) is 5.02 Å². The largest absolute Gasteiger partial charge is 0.487 e. The van der Waals surface area contributed by atoms with Gasteiger partial charge in [0.2, 0.25) is 5.95 Å². The lowest BCUT2D eigenvalue weighted by Gasteiger charge is -2.31. The first-order chi connectivity index (χ1) is 21.9. The maximum atomic E-state index is 15.9. The number of halogens is 4. The standard InChI is InChI=1S/C31H29ClF3N5O5S/c1-3-40-10-8-18(9-11-40)37-31-36-14-21-23(38-31)6-4-19(28(21)34)27-22(33)5-7-24(29(27)35)39-46(42,43)26-13-17(32)12-20-25(45-16(2)41)15-44-30(20)26/h4-7,12-14,18,25,39H,3,8-11,15H2,1-2H3,(H,36,37,38)/t25-/m1/s1. The Kier molecular flexibility index (Phi) is 8.70. The number of fused-ring (bicyclic) bond motifs is 2. The Labute approximate surface area is 267 Å². The van der Waals surface area contributed by atoms with Gasteiger partial charge in [0, 0.05) is 48.4 Å². The first-order valence-corrected chi connectivity index (χ1v) is 16.4. The van der Waals surface area contributed by atoms with E-state index in [0.29, 0.717) is 5.95 Å². The van der Waals surface area contributed by atoms with Crippen molar-refractivity contribution in [3.05, 3.63) is 70.6 Å². The number of hydrogen-bond donors (Lipinski definition) is 2. The molecule has 0 saturated carbocycles. The van der Waals surface area contributed by atoms with Crippen molar-refractivity contribution in [2.75, 3.05) is 36.3 Å². The van der Waals surface area contributed by atoms with Gasteiger partial charge in [-0.3, -0.25) is 9.52 Å². The van der Waals surface area contributed by atoms with Crippen molar-refractivity contribution in [2.45, 2.75) is 43.7 Å². The van der Waals surface area contributed by atoms with Crippen LogP contribution in [0, 0.1) is 17.5 Å². The molecule has 3 heterocycles. The summed E-state index contributed by atoms with van der Waals surface area (Å²) in [5, 5.41) is 3.20. The maximum Gasteiger partial charge on any atom is 0.303 e. The molecule has 46 heavy (non-hydrogen) atoms. The average Bonchev–Trinajstić information content (AvgIpc) is 3.41. The van der Waals surface area contributed by atoms with Crippen molar-refractivity contribution in [1.82, 2.24) is 14.9 Å². The number of carbonyl (C=O) groups excluding carboxylic acids is 1. The van der Waals surface area contributed by atoms with Gasteiger partial charge in [0.05, 0.1) is 22.2 Å². The highest BCUT2D eigenvalue weighted by Gasteiger charge is 2.34. The summed E-state index contributed by atoms with van der Waals surface area (Å²) >= 11 is 6.16. The third-order valence-corrected chi connectivity index (χ3v) is 9.63. The molecule has 0 aliphatic carbocycles. The predicted octanol–water partition coefficient (Wildman–Crippen LogP) is 6.06. The molecule has 15 heteroatoms. The second-order valence-corrected chi connectivity index (χ2v) is 13.1. The molecular formula is C31H29ClF3N5O5S. The molecule has 242 valence electrons. The summed E-state index contributed by atoms with van der Waals surface area (Å²) in [7, 11) is -4.60. The highest BCUT2D eigenvalue weighted by atomic mass is 35.5. The van der Waals surface area contributed by atoms with Gasteiger partial charge in [-0.25, -0.2) is 31.6 Å². The van der Waals surface area contributed by atoms with E-state index in [0.717, 1.165) is 50.7 Å². The minimum absolute atomic E-state index is 0.0114. The van der Waals surface area contributed by atoms with Crippen LogP contribution in [0.1, 0.15) is 38.4 Å². The molecule has 0 amide bonds. The molecule has 1 saturated heterocycles. The lowest BCUT2D eigenvalue weighted by molar-refractivity contribution is -0.147. The summed E-state index contributed by atoms with van der Waals surface area (Å²) in [5.41, 5.74) is -1.44. The average molecular weight is 676 g/mol. The van der Waals surface area contributed by atoms with E-state index >= 15 is 13.2 Å². The molecule has 0 unspecified atom stereocenters. The van der Waals surface area contributed by atoms with Crippen molar-refractivity contribution >= 4 is 50.1 Å². The number of benzene rings is 3. The molecule has 1 fully saturated rings. The van der Waals surface area contributed by atoms with E-state index in [9.17, 15) is 13.2 Å². The number of aromatic nitrogens is 2. The Balaban J connectivity index is 1.30. The molecule has 2 N–H and O–H groups in total. The van der Waals surface area contributed by atoms with Crippen LogP contribution in [0.4, 0.5) is 24.8 Å². The lowest BCUT2D eigenvalue weighted by Crippen LogP contribution is -2.39. The molecule has 1 atom stereocenters. The molecule has 0 spiro atoms. The number of piperidine rings is 1. The summed E-state index contributed by atoms with van der Waals surface area (Å²) in [5.74, 6) is -3.87. The predicted molar refractivity (Wildman–Crippen MR) is 166 cm³/mol. The van der Waals surface area contributed by atoms with Crippen molar-refractivity contribution in [2.24, 2.45) is 0 Å². The van der Waals surface area contributed by atoms with Gasteiger partial charge in [0.15, 0.2) is 11.9 Å². The molecule has 10 nitrogen and oxygen atoms in total. The highest BCUT2D eigenvalue weighted by Crippen LogP contribution is 2.43. The van der Waals surface area contributed by atoms with Gasteiger partial charge in [-0.1, -0.05) is 18.5 Å². The second kappa shape index (κ2) is 12.6. The number of rotatable bonds is 8. The Morgan fingerprint density at radius 3 is 2.61 bits per heavy atom. The van der Waals surface area contributed by atoms with E-state index < -0.39 is 61.3 Å². The van der Waals surface area contributed by atoms with Crippen LogP contribution in [0.5, 0.6) is 5.75 Å². The number of carbonyl (C=O) groups is 1. The highest BCUT2D eigenvalue weighted by molar-refractivity contribution is 7.92. The van der Waals surface area contributed by atoms with Crippen LogP contribution in [-0.2, 0) is 19.6 Å². The Hall–Kier alpha value is -4.14. The number of sulfonamides is 1. The number of ether oxygens (including phenoxy) is 2. The zero-order valence-corrected chi connectivity index (χ0v) is 26.3. The SMILES string of the molecule is CCN1CCC(Nc2ncc3c(F)c(-c4c(F)ccc(NS(=O)(=O)c5cc(Cl)cc6c5OC[C@H]6OC(C)=O)c4F)ccc3n2)CC1. The van der Waals surface area contributed by atoms with Crippen molar-refractivity contribution in [1.29, 1.82) is 0 Å². The van der Waals surface area contributed by atoms with Crippen LogP contribution in [0.3, 0.4) is 0 Å². The van der Waals surface area contributed by atoms with Gasteiger partial charge in [0.25, 0.3) is 10.0 Å². The van der Waals surface area contributed by atoms with Gasteiger partial charge in [-0.05, 0) is 55.8 Å². The molecule has 6 rings (SSSR count). The lowest BCUT2D eigenvalue weighted by atomic mass is 10.0. The number of likely N-dealkylation sites (tertiary alicyclic amines) is 1. The minimum atomic E-state index is -4.60. The molecule has 3 aromatic carbocycles. The molecule has 0 bridgehead atoms. The van der Waals surface area contributed by atoms with E-state index in [-0.39, 0.29) is 39.9 Å². The molecule has 2 aliphatic rings. The molecular weight excluding hydrogens is 647 g/mol. The normalized spacial score (nSPS) is 17.0. The summed E-state index contributed by atoms with van der Waals surface area (Å²) in [6, 6.07) is 6.94. The van der Waals surface area contributed by atoms with Gasteiger partial charge in [-0.15, -0.1) is 0 Å². The van der Waals surface area contributed by atoms with E-state index in [2.05, 4.69) is 31.8 Å². The molecule has 1 aromatic heterocycles. The molecule has 4 aromatic rings. The van der Waals surface area contributed by atoms with Crippen LogP contribution >= 0.6 is 11.6 Å². The van der Waals surface area contributed by atoms with Gasteiger partial charge < -0.3 is 19.7 Å². The summed E-state index contributed by atoms with van der Waals surface area (Å²) in [4.78, 5) is 22.0. The Morgan fingerprint density at radius 1 is 1.13 bits per heavy atom. The number of anilines is 2. The number of esters is 1. The van der Waals surface area contributed by atoms with Crippen LogP contribution in [0.15, 0.2) is 47.5 Å². The fourth-order valence-corrected chi connectivity index (χ4v) is 7.27. The third-order valence-electron chi connectivity index (χ3n) is 8.04. The monoisotopic (exact) mass is 675 g/mol. The molecule has 2 aliphatic heterocycles. The van der Waals surface area contributed by atoms with E-state index in [1.54, 1.807) is 0 Å². The van der Waals surface area contributed by atoms with Crippen LogP contribution in [0.25, 0.3) is 22.0 Å². The Bertz CT molecular complexity index is 1960. The minimum Gasteiger partial charge on any atom is -0.487 e. The number of hydrogen-bond acceptors (Lipinski definition) is 9.